The monoisotopic (exact) mass is 251 g/mol. The van der Waals surface area contributed by atoms with Gasteiger partial charge in [-0.15, -0.1) is 4.91 Å². The Bertz CT molecular complexity index is 465. The van der Waals surface area contributed by atoms with Crippen molar-refractivity contribution in [2.24, 2.45) is 5.18 Å². The van der Waals surface area contributed by atoms with Crippen molar-refractivity contribution in [1.82, 2.24) is 0 Å². The fourth-order valence-corrected chi connectivity index (χ4v) is 1.66. The van der Waals surface area contributed by atoms with Gasteiger partial charge in [0, 0.05) is 21.3 Å². The van der Waals surface area contributed by atoms with E-state index < -0.39 is 0 Å². The van der Waals surface area contributed by atoms with Crippen molar-refractivity contribution >= 4 is 21.8 Å². The quantitative estimate of drug-likeness (QED) is 0.755. The van der Waals surface area contributed by atoms with Crippen LogP contribution in [-0.2, 0) is 0 Å². The zero-order valence-corrected chi connectivity index (χ0v) is 8.69. The van der Waals surface area contributed by atoms with Crippen molar-refractivity contribution in [3.05, 3.63) is 45.8 Å². The van der Waals surface area contributed by atoms with Gasteiger partial charge in [-0.25, -0.2) is 0 Å². The number of furan rings is 1. The summed E-state index contributed by atoms with van der Waals surface area (Å²) in [6, 6.07) is 10.9. The molecule has 0 spiro atoms. The van der Waals surface area contributed by atoms with E-state index in [0.717, 1.165) is 10.0 Å². The number of halogens is 1. The summed E-state index contributed by atoms with van der Waals surface area (Å²) in [7, 11) is 0. The lowest BCUT2D eigenvalue weighted by Crippen LogP contribution is -1.74. The number of hydrogen-bond acceptors (Lipinski definition) is 3. The molecule has 4 heteroatoms. The molecule has 70 valence electrons. The van der Waals surface area contributed by atoms with E-state index in [4.69, 9.17) is 4.42 Å². The predicted molar refractivity (Wildman–Crippen MR) is 57.3 cm³/mol. The molecule has 0 aliphatic rings. The van der Waals surface area contributed by atoms with Crippen molar-refractivity contribution in [2.75, 3.05) is 0 Å². The molecule has 1 heterocycles. The Morgan fingerprint density at radius 2 is 1.93 bits per heavy atom. The molecule has 0 bridgehead atoms. The largest absolute Gasteiger partial charge is 0.436 e. The zero-order valence-electron chi connectivity index (χ0n) is 7.11. The highest BCUT2D eigenvalue weighted by Gasteiger charge is 2.07. The molecule has 0 amide bonds. The molecule has 1 aromatic carbocycles. The lowest BCUT2D eigenvalue weighted by Gasteiger charge is -1.98. The third-order valence-electron chi connectivity index (χ3n) is 1.82. The molecule has 2 rings (SSSR count). The third kappa shape index (κ3) is 1.61. The van der Waals surface area contributed by atoms with Gasteiger partial charge in [-0.1, -0.05) is 34.1 Å². The maximum Gasteiger partial charge on any atom is 0.260 e. The number of rotatable bonds is 2. The summed E-state index contributed by atoms with van der Waals surface area (Å²) in [6.45, 7) is 0. The maximum absolute atomic E-state index is 10.2. The van der Waals surface area contributed by atoms with Crippen molar-refractivity contribution in [2.45, 2.75) is 0 Å². The summed E-state index contributed by atoms with van der Waals surface area (Å²) in [4.78, 5) is 10.2. The second-order valence-electron chi connectivity index (χ2n) is 2.71. The Hall–Kier alpha value is -1.42. The minimum atomic E-state index is 0.0933. The van der Waals surface area contributed by atoms with Gasteiger partial charge in [-0.2, -0.15) is 0 Å². The van der Waals surface area contributed by atoms with E-state index in [1.54, 1.807) is 12.1 Å². The van der Waals surface area contributed by atoms with E-state index in [9.17, 15) is 4.91 Å². The molecular formula is C10H6BrNO2. The fourth-order valence-electron chi connectivity index (χ4n) is 1.18. The van der Waals surface area contributed by atoms with Gasteiger partial charge in [-0.05, 0) is 12.1 Å². The van der Waals surface area contributed by atoms with E-state index in [0.29, 0.717) is 5.76 Å². The molecule has 14 heavy (non-hydrogen) atoms. The summed E-state index contributed by atoms with van der Waals surface area (Å²) in [6.07, 6.45) is 0. The van der Waals surface area contributed by atoms with Crippen LogP contribution in [-0.4, -0.2) is 0 Å². The molecule has 0 radical (unpaired) electrons. The minimum Gasteiger partial charge on any atom is -0.436 e. The van der Waals surface area contributed by atoms with Gasteiger partial charge in [0.1, 0.15) is 5.76 Å². The van der Waals surface area contributed by atoms with E-state index in [2.05, 4.69) is 21.1 Å². The van der Waals surface area contributed by atoms with Crippen LogP contribution in [0.15, 0.2) is 50.5 Å². The third-order valence-corrected chi connectivity index (χ3v) is 2.51. The maximum atomic E-state index is 10.2. The van der Waals surface area contributed by atoms with Crippen molar-refractivity contribution in [1.29, 1.82) is 0 Å². The van der Waals surface area contributed by atoms with Crippen LogP contribution < -0.4 is 0 Å². The number of nitrogens with zero attached hydrogens (tertiary/aromatic N) is 1. The Labute approximate surface area is 88.8 Å². The highest BCUT2D eigenvalue weighted by Crippen LogP contribution is 2.31. The standard InChI is InChI=1S/C10H6BrNO2/c11-8-4-2-1-3-7(8)9-5-6-10(12-13)14-9/h1-6H. The number of benzene rings is 1. The Balaban J connectivity index is 2.49. The van der Waals surface area contributed by atoms with Crippen LogP contribution in [0.3, 0.4) is 0 Å². The van der Waals surface area contributed by atoms with Crippen molar-refractivity contribution in [3.63, 3.8) is 0 Å². The summed E-state index contributed by atoms with van der Waals surface area (Å²) in [5, 5.41) is 2.71. The Morgan fingerprint density at radius 1 is 1.14 bits per heavy atom. The summed E-state index contributed by atoms with van der Waals surface area (Å²) in [5.41, 5.74) is 0.905. The SMILES string of the molecule is O=Nc1ccc(-c2ccccc2Br)o1. The average Bonchev–Trinajstić information content (AvgIpc) is 2.67. The smallest absolute Gasteiger partial charge is 0.260 e. The van der Waals surface area contributed by atoms with Gasteiger partial charge in [0.25, 0.3) is 5.88 Å². The van der Waals surface area contributed by atoms with Gasteiger partial charge >= 0.3 is 0 Å². The lowest BCUT2D eigenvalue weighted by atomic mass is 10.2. The van der Waals surface area contributed by atoms with Gasteiger partial charge in [0.05, 0.1) is 0 Å². The fraction of sp³-hybridized carbons (Fsp3) is 0. The van der Waals surface area contributed by atoms with Crippen LogP contribution in [0.5, 0.6) is 0 Å². The molecule has 2 aromatic rings. The number of nitroso groups, excluding NO2 is 1. The first-order valence-corrected chi connectivity index (χ1v) is 4.78. The zero-order chi connectivity index (χ0) is 9.97. The second-order valence-corrected chi connectivity index (χ2v) is 3.56. The molecule has 0 atom stereocenters. The average molecular weight is 252 g/mol. The molecule has 0 aliphatic carbocycles. The highest BCUT2D eigenvalue weighted by atomic mass is 79.9. The molecule has 0 aliphatic heterocycles. The topological polar surface area (TPSA) is 42.6 Å². The molecule has 0 unspecified atom stereocenters. The van der Waals surface area contributed by atoms with E-state index in [1.807, 2.05) is 24.3 Å². The van der Waals surface area contributed by atoms with Gasteiger partial charge in [0.2, 0.25) is 0 Å². The molecular weight excluding hydrogens is 246 g/mol. The van der Waals surface area contributed by atoms with Crippen LogP contribution >= 0.6 is 15.9 Å². The van der Waals surface area contributed by atoms with Crippen LogP contribution in [0, 0.1) is 4.91 Å². The lowest BCUT2D eigenvalue weighted by molar-refractivity contribution is 0.591. The highest BCUT2D eigenvalue weighted by molar-refractivity contribution is 9.10. The summed E-state index contributed by atoms with van der Waals surface area (Å²) in [5.74, 6) is 0.725. The first-order chi connectivity index (χ1) is 6.81. The van der Waals surface area contributed by atoms with Crippen molar-refractivity contribution in [3.8, 4) is 11.3 Å². The summed E-state index contributed by atoms with van der Waals surface area (Å²) < 4.78 is 6.11. The van der Waals surface area contributed by atoms with Crippen molar-refractivity contribution < 1.29 is 4.42 Å². The minimum absolute atomic E-state index is 0.0933. The molecule has 3 nitrogen and oxygen atoms in total. The van der Waals surface area contributed by atoms with Crippen LogP contribution in [0.4, 0.5) is 5.88 Å². The van der Waals surface area contributed by atoms with Crippen LogP contribution in [0.1, 0.15) is 0 Å². The molecule has 0 N–H and O–H groups in total. The molecule has 0 saturated heterocycles. The summed E-state index contributed by atoms with van der Waals surface area (Å²) >= 11 is 3.40. The van der Waals surface area contributed by atoms with Crippen LogP contribution in [0.2, 0.25) is 0 Å². The molecule has 0 saturated carbocycles. The first-order valence-electron chi connectivity index (χ1n) is 3.99. The Morgan fingerprint density at radius 3 is 2.57 bits per heavy atom. The Kier molecular flexibility index (Phi) is 2.45. The predicted octanol–water partition coefficient (Wildman–Crippen LogP) is 4.11. The van der Waals surface area contributed by atoms with Gasteiger partial charge in [-0.3, -0.25) is 0 Å². The second kappa shape index (κ2) is 3.75. The molecule has 0 fully saturated rings. The van der Waals surface area contributed by atoms with Gasteiger partial charge < -0.3 is 4.42 Å². The normalized spacial score (nSPS) is 10.1. The van der Waals surface area contributed by atoms with Gasteiger partial charge in [0.15, 0.2) is 0 Å². The van der Waals surface area contributed by atoms with Crippen LogP contribution in [0.25, 0.3) is 11.3 Å². The van der Waals surface area contributed by atoms with E-state index in [-0.39, 0.29) is 5.88 Å². The first kappa shape index (κ1) is 9.15. The molecule has 1 aromatic heterocycles. The van der Waals surface area contributed by atoms with E-state index in [1.165, 1.54) is 0 Å². The number of hydrogen-bond donors (Lipinski definition) is 0. The van der Waals surface area contributed by atoms with E-state index >= 15 is 0 Å².